The number of hydrogen-bond donors (Lipinski definition) is 0. The van der Waals surface area contributed by atoms with Crippen molar-refractivity contribution in [3.63, 3.8) is 0 Å². The summed E-state index contributed by atoms with van der Waals surface area (Å²) in [7, 11) is 0. The van der Waals surface area contributed by atoms with Crippen LogP contribution in [0.2, 0.25) is 0 Å². The number of unbranched alkanes of at least 4 members (excludes halogenated alkanes) is 6. The van der Waals surface area contributed by atoms with E-state index in [0.29, 0.717) is 29.8 Å². The molecule has 0 saturated carbocycles. The number of amides is 1. The van der Waals surface area contributed by atoms with E-state index in [4.69, 9.17) is 9.15 Å². The van der Waals surface area contributed by atoms with Crippen molar-refractivity contribution >= 4 is 33.7 Å². The SMILES string of the molecule is CCCCCCN(CCCCCC)C(=O)OCc1cc2c(cc1[N+](=O)[O-])oc1ccc(CC)cc12. The Morgan fingerprint density at radius 3 is 2.17 bits per heavy atom. The van der Waals surface area contributed by atoms with E-state index < -0.39 is 11.0 Å². The molecule has 0 aliphatic rings. The van der Waals surface area contributed by atoms with Crippen molar-refractivity contribution in [3.8, 4) is 0 Å². The zero-order valence-corrected chi connectivity index (χ0v) is 21.3. The first-order chi connectivity index (χ1) is 17.0. The first-order valence-electron chi connectivity index (χ1n) is 13.0. The normalized spacial score (nSPS) is 11.3. The topological polar surface area (TPSA) is 85.8 Å². The molecule has 0 aliphatic carbocycles. The van der Waals surface area contributed by atoms with Gasteiger partial charge in [-0.05, 0) is 43.0 Å². The lowest BCUT2D eigenvalue weighted by atomic mass is 10.1. The number of benzene rings is 2. The zero-order chi connectivity index (χ0) is 25.2. The van der Waals surface area contributed by atoms with Crippen LogP contribution in [0.1, 0.15) is 83.3 Å². The lowest BCUT2D eigenvalue weighted by molar-refractivity contribution is -0.385. The Bertz CT molecular complexity index is 1130. The lowest BCUT2D eigenvalue weighted by Gasteiger charge is -2.22. The largest absolute Gasteiger partial charge is 0.456 e. The molecule has 7 nitrogen and oxygen atoms in total. The molecule has 1 amide bonds. The van der Waals surface area contributed by atoms with E-state index in [-0.39, 0.29) is 12.3 Å². The molecule has 0 saturated heterocycles. The molecule has 0 radical (unpaired) electrons. The molecule has 2 aromatic carbocycles. The van der Waals surface area contributed by atoms with Crippen LogP contribution in [0, 0.1) is 10.1 Å². The molecule has 190 valence electrons. The van der Waals surface area contributed by atoms with E-state index in [1.165, 1.54) is 6.07 Å². The van der Waals surface area contributed by atoms with E-state index in [9.17, 15) is 14.9 Å². The van der Waals surface area contributed by atoms with Gasteiger partial charge in [0.2, 0.25) is 0 Å². The van der Waals surface area contributed by atoms with Crippen LogP contribution in [-0.2, 0) is 17.8 Å². The molecule has 0 unspecified atom stereocenters. The highest BCUT2D eigenvalue weighted by molar-refractivity contribution is 6.06. The molecule has 0 aliphatic heterocycles. The summed E-state index contributed by atoms with van der Waals surface area (Å²) in [6, 6.07) is 9.12. The third-order valence-electron chi connectivity index (χ3n) is 6.51. The number of ether oxygens (including phenoxy) is 1. The van der Waals surface area contributed by atoms with Gasteiger partial charge in [0.05, 0.1) is 16.6 Å². The monoisotopic (exact) mass is 482 g/mol. The Morgan fingerprint density at radius 2 is 1.57 bits per heavy atom. The fourth-order valence-corrected chi connectivity index (χ4v) is 4.39. The van der Waals surface area contributed by atoms with Gasteiger partial charge in [-0.1, -0.05) is 65.4 Å². The number of nitrogens with zero attached hydrogens (tertiary/aromatic N) is 2. The van der Waals surface area contributed by atoms with Gasteiger partial charge in [0.15, 0.2) is 0 Å². The number of furan rings is 1. The summed E-state index contributed by atoms with van der Waals surface area (Å²) >= 11 is 0. The van der Waals surface area contributed by atoms with E-state index in [2.05, 4.69) is 26.8 Å². The molecular weight excluding hydrogens is 444 g/mol. The number of hydrogen-bond acceptors (Lipinski definition) is 5. The Balaban J connectivity index is 1.79. The third-order valence-corrected chi connectivity index (χ3v) is 6.51. The van der Waals surface area contributed by atoms with Gasteiger partial charge in [0.1, 0.15) is 17.8 Å². The molecular formula is C28H38N2O5. The van der Waals surface area contributed by atoms with Crippen LogP contribution in [0.4, 0.5) is 10.5 Å². The minimum absolute atomic E-state index is 0.0995. The van der Waals surface area contributed by atoms with Crippen LogP contribution < -0.4 is 0 Å². The first kappa shape index (κ1) is 26.5. The highest BCUT2D eigenvalue weighted by Gasteiger charge is 2.22. The molecule has 0 atom stereocenters. The number of nitro groups is 1. The maximum absolute atomic E-state index is 12.9. The predicted molar refractivity (Wildman–Crippen MR) is 140 cm³/mol. The van der Waals surface area contributed by atoms with E-state index in [1.54, 1.807) is 11.0 Å². The molecule has 1 aromatic heterocycles. The molecule has 7 heteroatoms. The van der Waals surface area contributed by atoms with E-state index in [1.807, 2.05) is 12.1 Å². The molecule has 0 fully saturated rings. The summed E-state index contributed by atoms with van der Waals surface area (Å²) in [5.74, 6) is 0. The molecule has 0 N–H and O–H groups in total. The van der Waals surface area contributed by atoms with Crippen molar-refractivity contribution in [2.45, 2.75) is 85.2 Å². The third kappa shape index (κ3) is 6.96. The number of carbonyl (C=O) groups is 1. The summed E-state index contributed by atoms with van der Waals surface area (Å²) in [6.45, 7) is 7.55. The van der Waals surface area contributed by atoms with Crippen LogP contribution in [0.3, 0.4) is 0 Å². The van der Waals surface area contributed by atoms with Crippen LogP contribution in [0.5, 0.6) is 0 Å². The van der Waals surface area contributed by atoms with Gasteiger partial charge >= 0.3 is 6.09 Å². The minimum Gasteiger partial charge on any atom is -0.456 e. The van der Waals surface area contributed by atoms with Crippen LogP contribution in [-0.4, -0.2) is 29.0 Å². The van der Waals surface area contributed by atoms with Crippen molar-refractivity contribution in [2.75, 3.05) is 13.1 Å². The first-order valence-corrected chi connectivity index (χ1v) is 13.0. The van der Waals surface area contributed by atoms with Crippen LogP contribution in [0.25, 0.3) is 21.9 Å². The van der Waals surface area contributed by atoms with Crippen molar-refractivity contribution in [3.05, 3.63) is 51.6 Å². The maximum Gasteiger partial charge on any atom is 0.410 e. The summed E-state index contributed by atoms with van der Waals surface area (Å²) in [5.41, 5.74) is 2.58. The molecule has 35 heavy (non-hydrogen) atoms. The fourth-order valence-electron chi connectivity index (χ4n) is 4.39. The molecule has 3 rings (SSSR count). The summed E-state index contributed by atoms with van der Waals surface area (Å²) < 4.78 is 11.5. The number of aryl methyl sites for hydroxylation is 1. The van der Waals surface area contributed by atoms with Crippen molar-refractivity contribution in [1.29, 1.82) is 0 Å². The summed E-state index contributed by atoms with van der Waals surface area (Å²) in [6.07, 6.45) is 9.05. The van der Waals surface area contributed by atoms with Gasteiger partial charge in [-0.15, -0.1) is 0 Å². The molecule has 3 aromatic rings. The standard InChI is InChI=1S/C28H38N2O5/c1-4-7-9-11-15-29(16-12-10-8-5-2)28(31)34-20-22-18-24-23-17-21(6-3)13-14-26(23)35-27(24)19-25(22)30(32)33/h13-14,17-19H,4-12,15-16,20H2,1-3H3. The highest BCUT2D eigenvalue weighted by atomic mass is 16.6. The maximum atomic E-state index is 12.9. The van der Waals surface area contributed by atoms with Gasteiger partial charge in [-0.3, -0.25) is 10.1 Å². The Labute approximate surface area is 207 Å². The van der Waals surface area contributed by atoms with Gasteiger partial charge < -0.3 is 14.1 Å². The van der Waals surface area contributed by atoms with Crippen LogP contribution >= 0.6 is 0 Å². The van der Waals surface area contributed by atoms with Gasteiger partial charge in [-0.25, -0.2) is 4.79 Å². The van der Waals surface area contributed by atoms with E-state index >= 15 is 0 Å². The van der Waals surface area contributed by atoms with Crippen molar-refractivity contribution < 1.29 is 18.9 Å². The summed E-state index contributed by atoms with van der Waals surface area (Å²) in [4.78, 5) is 26.0. The number of carbonyl (C=O) groups excluding carboxylic acids is 1. The Hall–Kier alpha value is -3.09. The second-order valence-corrected chi connectivity index (χ2v) is 9.18. The second-order valence-electron chi connectivity index (χ2n) is 9.18. The fraction of sp³-hybridized carbons (Fsp3) is 0.536. The van der Waals surface area contributed by atoms with Crippen LogP contribution in [0.15, 0.2) is 34.7 Å². The Kier molecular flexibility index (Phi) is 9.94. The quantitative estimate of drug-likeness (QED) is 0.131. The molecule has 0 bridgehead atoms. The van der Waals surface area contributed by atoms with Gasteiger partial charge in [0, 0.05) is 23.9 Å². The number of fused-ring (bicyclic) bond motifs is 3. The van der Waals surface area contributed by atoms with Crippen molar-refractivity contribution in [2.24, 2.45) is 0 Å². The lowest BCUT2D eigenvalue weighted by Crippen LogP contribution is -2.33. The number of nitro benzene ring substituents is 1. The second kappa shape index (κ2) is 13.1. The Morgan fingerprint density at radius 1 is 0.914 bits per heavy atom. The number of rotatable bonds is 14. The van der Waals surface area contributed by atoms with Crippen molar-refractivity contribution in [1.82, 2.24) is 4.90 Å². The summed E-state index contributed by atoms with van der Waals surface area (Å²) in [5, 5.41) is 13.5. The molecule has 0 spiro atoms. The average molecular weight is 483 g/mol. The average Bonchev–Trinajstić information content (AvgIpc) is 3.22. The zero-order valence-electron chi connectivity index (χ0n) is 21.3. The smallest absolute Gasteiger partial charge is 0.410 e. The minimum atomic E-state index is -0.444. The highest BCUT2D eigenvalue weighted by Crippen LogP contribution is 2.34. The van der Waals surface area contributed by atoms with Gasteiger partial charge in [-0.2, -0.15) is 0 Å². The van der Waals surface area contributed by atoms with Gasteiger partial charge in [0.25, 0.3) is 5.69 Å². The molecule has 1 heterocycles. The van der Waals surface area contributed by atoms with E-state index in [0.717, 1.165) is 74.1 Å². The predicted octanol–water partition coefficient (Wildman–Crippen LogP) is 8.16.